The molecule has 1 amide bonds. The third-order valence-corrected chi connectivity index (χ3v) is 4.96. The van der Waals surface area contributed by atoms with E-state index in [-0.39, 0.29) is 5.91 Å². The Kier molecular flexibility index (Phi) is 7.70. The minimum atomic E-state index is -0.200. The Morgan fingerprint density at radius 3 is 2.45 bits per heavy atom. The van der Waals surface area contributed by atoms with Crippen molar-refractivity contribution in [3.63, 3.8) is 0 Å². The van der Waals surface area contributed by atoms with Crippen molar-refractivity contribution in [1.29, 1.82) is 0 Å². The van der Waals surface area contributed by atoms with Gasteiger partial charge in [0.25, 0.3) is 5.91 Å². The number of nitrogens with one attached hydrogen (secondary N) is 1. The summed E-state index contributed by atoms with van der Waals surface area (Å²) < 4.78 is 12.2. The lowest BCUT2D eigenvalue weighted by atomic mass is 10.1. The number of hydrogen-bond donors (Lipinski definition) is 1. The first-order chi connectivity index (χ1) is 14.2. The van der Waals surface area contributed by atoms with Gasteiger partial charge < -0.3 is 14.8 Å². The van der Waals surface area contributed by atoms with Crippen molar-refractivity contribution in [2.24, 2.45) is 0 Å². The van der Waals surface area contributed by atoms with Crippen LogP contribution in [0.5, 0.6) is 11.5 Å². The van der Waals surface area contributed by atoms with Gasteiger partial charge in [-0.15, -0.1) is 0 Å². The molecule has 3 rings (SSSR count). The van der Waals surface area contributed by atoms with Crippen molar-refractivity contribution in [1.82, 2.24) is 0 Å². The number of amides is 1. The number of anilines is 1. The van der Waals surface area contributed by atoms with Crippen molar-refractivity contribution in [3.8, 4) is 11.5 Å². The van der Waals surface area contributed by atoms with Crippen molar-refractivity contribution >= 4 is 27.5 Å². The summed E-state index contributed by atoms with van der Waals surface area (Å²) in [7, 11) is 0. The van der Waals surface area contributed by atoms with Gasteiger partial charge in [0, 0.05) is 5.56 Å². The van der Waals surface area contributed by atoms with Gasteiger partial charge in [-0.2, -0.15) is 0 Å². The average molecular weight is 454 g/mol. The maximum Gasteiger partial charge on any atom is 0.255 e. The molecule has 0 bridgehead atoms. The maximum absolute atomic E-state index is 12.7. The Hall–Kier alpha value is -2.79. The standard InChI is InChI=1S/C24H24BrNO3/c1-2-28-22-15-14-19(17-20(22)25)24(27)26-21-12-6-7-13-23(21)29-16-8-11-18-9-4-3-5-10-18/h3-7,9-10,12-15,17H,2,8,11,16H2,1H3,(H,26,27). The second-order valence-electron chi connectivity index (χ2n) is 6.47. The summed E-state index contributed by atoms with van der Waals surface area (Å²) in [6.07, 6.45) is 1.85. The van der Waals surface area contributed by atoms with E-state index in [4.69, 9.17) is 9.47 Å². The van der Waals surface area contributed by atoms with E-state index in [9.17, 15) is 4.79 Å². The van der Waals surface area contributed by atoms with Gasteiger partial charge in [0.1, 0.15) is 11.5 Å². The van der Waals surface area contributed by atoms with E-state index in [1.807, 2.05) is 49.4 Å². The van der Waals surface area contributed by atoms with Crippen molar-refractivity contribution in [2.75, 3.05) is 18.5 Å². The molecule has 0 heterocycles. The molecule has 5 heteroatoms. The fraction of sp³-hybridized carbons (Fsp3) is 0.208. The summed E-state index contributed by atoms with van der Waals surface area (Å²) in [6.45, 7) is 3.07. The first kappa shape index (κ1) is 20.9. The van der Waals surface area contributed by atoms with Crippen LogP contribution in [-0.2, 0) is 6.42 Å². The molecule has 1 N–H and O–H groups in total. The molecule has 150 valence electrons. The highest BCUT2D eigenvalue weighted by molar-refractivity contribution is 9.10. The molecule has 0 spiro atoms. The van der Waals surface area contributed by atoms with Gasteiger partial charge >= 0.3 is 0 Å². The van der Waals surface area contributed by atoms with Crippen LogP contribution in [0.2, 0.25) is 0 Å². The summed E-state index contributed by atoms with van der Waals surface area (Å²) >= 11 is 3.45. The first-order valence-corrected chi connectivity index (χ1v) is 10.5. The number of ether oxygens (including phenoxy) is 2. The van der Waals surface area contributed by atoms with Crippen LogP contribution in [0.3, 0.4) is 0 Å². The summed E-state index contributed by atoms with van der Waals surface area (Å²) in [4.78, 5) is 12.7. The van der Waals surface area contributed by atoms with Crippen LogP contribution < -0.4 is 14.8 Å². The molecule has 0 unspecified atom stereocenters. The van der Waals surface area contributed by atoms with Crippen molar-refractivity contribution < 1.29 is 14.3 Å². The number of carbonyl (C=O) groups excluding carboxylic acids is 1. The van der Waals surface area contributed by atoms with Gasteiger partial charge in [0.05, 0.1) is 23.4 Å². The zero-order chi connectivity index (χ0) is 20.5. The molecule has 0 saturated carbocycles. The van der Waals surface area contributed by atoms with Crippen LogP contribution in [0.25, 0.3) is 0 Å². The first-order valence-electron chi connectivity index (χ1n) is 9.67. The molecule has 29 heavy (non-hydrogen) atoms. The van der Waals surface area contributed by atoms with Crippen molar-refractivity contribution in [2.45, 2.75) is 19.8 Å². The molecular formula is C24H24BrNO3. The molecule has 0 aliphatic heterocycles. The van der Waals surface area contributed by atoms with E-state index in [0.717, 1.165) is 17.3 Å². The number of aryl methyl sites for hydroxylation is 1. The second kappa shape index (κ2) is 10.7. The van der Waals surface area contributed by atoms with Gasteiger partial charge in [0.15, 0.2) is 0 Å². The van der Waals surface area contributed by atoms with E-state index in [2.05, 4.69) is 33.4 Å². The third kappa shape index (κ3) is 6.09. The van der Waals surface area contributed by atoms with Gasteiger partial charge in [-0.25, -0.2) is 0 Å². The number of benzene rings is 3. The normalized spacial score (nSPS) is 10.4. The highest BCUT2D eigenvalue weighted by Gasteiger charge is 2.12. The molecule has 0 atom stereocenters. The molecule has 0 aliphatic rings. The van der Waals surface area contributed by atoms with E-state index in [1.54, 1.807) is 18.2 Å². The van der Waals surface area contributed by atoms with Crippen LogP contribution in [0.15, 0.2) is 77.3 Å². The minimum Gasteiger partial charge on any atom is -0.493 e. The Morgan fingerprint density at radius 2 is 1.69 bits per heavy atom. The molecular weight excluding hydrogens is 430 g/mol. The molecule has 0 radical (unpaired) electrons. The molecule has 0 aliphatic carbocycles. The van der Waals surface area contributed by atoms with Gasteiger partial charge in [-0.1, -0.05) is 42.5 Å². The highest BCUT2D eigenvalue weighted by atomic mass is 79.9. The van der Waals surface area contributed by atoms with Gasteiger partial charge in [0.2, 0.25) is 0 Å². The summed E-state index contributed by atoms with van der Waals surface area (Å²) in [5.74, 6) is 1.18. The zero-order valence-electron chi connectivity index (χ0n) is 16.4. The quantitative estimate of drug-likeness (QED) is 0.397. The lowest BCUT2D eigenvalue weighted by Gasteiger charge is -2.13. The fourth-order valence-corrected chi connectivity index (χ4v) is 3.40. The minimum absolute atomic E-state index is 0.200. The SMILES string of the molecule is CCOc1ccc(C(=O)Nc2ccccc2OCCCc2ccccc2)cc1Br. The monoisotopic (exact) mass is 453 g/mol. The van der Waals surface area contributed by atoms with Crippen LogP contribution in [-0.4, -0.2) is 19.1 Å². The molecule has 3 aromatic carbocycles. The predicted molar refractivity (Wildman–Crippen MR) is 120 cm³/mol. The molecule has 3 aromatic rings. The summed E-state index contributed by atoms with van der Waals surface area (Å²) in [5.41, 5.74) is 2.49. The molecule has 0 aromatic heterocycles. The summed E-state index contributed by atoms with van der Waals surface area (Å²) in [6, 6.07) is 23.1. The maximum atomic E-state index is 12.7. The predicted octanol–water partition coefficient (Wildman–Crippen LogP) is 6.11. The average Bonchev–Trinajstić information content (AvgIpc) is 2.74. The highest BCUT2D eigenvalue weighted by Crippen LogP contribution is 2.28. The van der Waals surface area contributed by atoms with E-state index >= 15 is 0 Å². The third-order valence-electron chi connectivity index (χ3n) is 4.34. The number of halogens is 1. The lowest BCUT2D eigenvalue weighted by Crippen LogP contribution is -2.13. The number of carbonyl (C=O) groups is 1. The van der Waals surface area contributed by atoms with Crippen LogP contribution >= 0.6 is 15.9 Å². The Morgan fingerprint density at radius 1 is 0.931 bits per heavy atom. The fourth-order valence-electron chi connectivity index (χ4n) is 2.91. The van der Waals surface area contributed by atoms with Crippen LogP contribution in [0.1, 0.15) is 29.3 Å². The van der Waals surface area contributed by atoms with Crippen LogP contribution in [0.4, 0.5) is 5.69 Å². The summed E-state index contributed by atoms with van der Waals surface area (Å²) in [5, 5.41) is 2.94. The topological polar surface area (TPSA) is 47.6 Å². The smallest absolute Gasteiger partial charge is 0.255 e. The Balaban J connectivity index is 1.59. The molecule has 0 saturated heterocycles. The van der Waals surface area contributed by atoms with E-state index < -0.39 is 0 Å². The number of para-hydroxylation sites is 2. The van der Waals surface area contributed by atoms with Crippen molar-refractivity contribution in [3.05, 3.63) is 88.4 Å². The lowest BCUT2D eigenvalue weighted by molar-refractivity contribution is 0.102. The molecule has 4 nitrogen and oxygen atoms in total. The number of rotatable bonds is 9. The Bertz CT molecular complexity index is 944. The van der Waals surface area contributed by atoms with E-state index in [1.165, 1.54) is 5.56 Å². The zero-order valence-corrected chi connectivity index (χ0v) is 17.9. The second-order valence-corrected chi connectivity index (χ2v) is 7.32. The van der Waals surface area contributed by atoms with Gasteiger partial charge in [-0.05, 0) is 71.6 Å². The molecule has 0 fully saturated rings. The largest absolute Gasteiger partial charge is 0.493 e. The van der Waals surface area contributed by atoms with Gasteiger partial charge in [-0.3, -0.25) is 4.79 Å². The van der Waals surface area contributed by atoms with Crippen LogP contribution in [0, 0.1) is 0 Å². The Labute approximate surface area is 180 Å². The number of hydrogen-bond acceptors (Lipinski definition) is 3. The van der Waals surface area contributed by atoms with E-state index in [0.29, 0.717) is 36.0 Å².